The first-order chi connectivity index (χ1) is 14.8. The first kappa shape index (κ1) is 27.5. The summed E-state index contributed by atoms with van der Waals surface area (Å²) in [5.41, 5.74) is -4.88. The largest absolute Gasteiger partial charge is 0.397 e. The molecule has 1 saturated heterocycles. The Morgan fingerprint density at radius 1 is 1.18 bits per heavy atom. The molecule has 1 heterocycles. The molecule has 14 heteroatoms. The zero-order chi connectivity index (χ0) is 25.4. The summed E-state index contributed by atoms with van der Waals surface area (Å²) in [5.74, 6) is -5.98. The highest BCUT2D eigenvalue weighted by molar-refractivity contribution is 6.31. The molecule has 2 atom stereocenters. The van der Waals surface area contributed by atoms with Crippen molar-refractivity contribution < 1.29 is 39.5 Å². The fourth-order valence-corrected chi connectivity index (χ4v) is 4.28. The molecule has 0 aromatic heterocycles. The topological polar surface area (TPSA) is 163 Å². The van der Waals surface area contributed by atoms with Crippen LogP contribution in [0.15, 0.2) is 18.2 Å². The smallest absolute Gasteiger partial charge is 0.299 e. The van der Waals surface area contributed by atoms with Gasteiger partial charge in [-0.3, -0.25) is 14.5 Å². The highest BCUT2D eigenvalue weighted by Crippen LogP contribution is 2.31. The highest BCUT2D eigenvalue weighted by atomic mass is 35.5. The summed E-state index contributed by atoms with van der Waals surface area (Å²) in [4.78, 5) is 26.2. The third kappa shape index (κ3) is 6.89. The van der Waals surface area contributed by atoms with Crippen molar-refractivity contribution in [2.75, 3.05) is 26.2 Å². The molecule has 0 aliphatic carbocycles. The van der Waals surface area contributed by atoms with Crippen LogP contribution in [0.3, 0.4) is 0 Å². The molecule has 2 amide bonds. The van der Waals surface area contributed by atoms with Gasteiger partial charge in [-0.1, -0.05) is 11.6 Å². The average Bonchev–Trinajstić information content (AvgIpc) is 2.56. The number of β-amino-alcohol motifs (C(OH)–C–C–N with tert-alkyl or cyclic N) is 2. The molecule has 1 aliphatic heterocycles. The molecule has 10 nitrogen and oxygen atoms in total. The quantitative estimate of drug-likeness (QED) is 0.153. The van der Waals surface area contributed by atoms with Gasteiger partial charge in [-0.25, -0.2) is 4.39 Å². The lowest BCUT2D eigenvalue weighted by atomic mass is 9.55. The zero-order valence-corrected chi connectivity index (χ0v) is 19.6. The third-order valence-electron chi connectivity index (χ3n) is 5.84. The van der Waals surface area contributed by atoms with Crippen LogP contribution in [0.5, 0.6) is 0 Å². The minimum Gasteiger partial charge on any atom is -0.397 e. The van der Waals surface area contributed by atoms with Crippen LogP contribution in [-0.2, 0) is 4.79 Å². The number of carbonyl (C=O) groups excluding carboxylic acids is 2. The van der Waals surface area contributed by atoms with Crippen LogP contribution in [-0.4, -0.2) is 107 Å². The SMILES string of the molecule is BC1(O)CN(CC(=O)NC(C)(C)C(O)(O)O)CC(B)(O)C1CNC(=O)c1cc(F)cc(Cl)c1. The van der Waals surface area contributed by atoms with Gasteiger partial charge in [-0.05, 0) is 32.0 Å². The van der Waals surface area contributed by atoms with Crippen molar-refractivity contribution in [2.24, 2.45) is 5.92 Å². The second kappa shape index (κ2) is 9.49. The summed E-state index contributed by atoms with van der Waals surface area (Å²) in [6.45, 7) is 1.86. The predicted molar refractivity (Wildman–Crippen MR) is 122 cm³/mol. The van der Waals surface area contributed by atoms with Crippen LogP contribution < -0.4 is 10.6 Å². The number of nitrogens with zero attached hydrogens (tertiary/aromatic N) is 1. The van der Waals surface area contributed by atoms with Gasteiger partial charge in [0, 0.05) is 47.1 Å². The third-order valence-corrected chi connectivity index (χ3v) is 6.06. The lowest BCUT2D eigenvalue weighted by Gasteiger charge is -2.51. The maximum Gasteiger partial charge on any atom is 0.299 e. The summed E-state index contributed by atoms with van der Waals surface area (Å²) in [6, 6.07) is 3.36. The van der Waals surface area contributed by atoms with E-state index in [4.69, 9.17) is 11.6 Å². The van der Waals surface area contributed by atoms with E-state index in [1.807, 2.05) is 0 Å². The van der Waals surface area contributed by atoms with Crippen LogP contribution in [0.25, 0.3) is 0 Å². The Balaban J connectivity index is 2.05. The molecule has 2 unspecified atom stereocenters. The van der Waals surface area contributed by atoms with Crippen molar-refractivity contribution in [3.63, 3.8) is 0 Å². The maximum atomic E-state index is 13.5. The molecule has 1 aromatic carbocycles. The molecule has 0 spiro atoms. The Kier molecular flexibility index (Phi) is 7.91. The van der Waals surface area contributed by atoms with Crippen molar-refractivity contribution in [2.45, 2.75) is 36.4 Å². The summed E-state index contributed by atoms with van der Waals surface area (Å²) in [7, 11) is 2.90. The Morgan fingerprint density at radius 3 is 2.21 bits per heavy atom. The number of hydrogen-bond donors (Lipinski definition) is 7. The number of rotatable bonds is 7. The average molecular weight is 488 g/mol. The Bertz CT molecular complexity index is 874. The van der Waals surface area contributed by atoms with Crippen LogP contribution in [0.4, 0.5) is 4.39 Å². The number of halogens is 2. The summed E-state index contributed by atoms with van der Waals surface area (Å²) < 4.78 is 13.5. The summed E-state index contributed by atoms with van der Waals surface area (Å²) >= 11 is 5.78. The van der Waals surface area contributed by atoms with Crippen molar-refractivity contribution in [1.29, 1.82) is 0 Å². The number of piperidine rings is 1. The van der Waals surface area contributed by atoms with E-state index < -0.39 is 46.1 Å². The van der Waals surface area contributed by atoms with Crippen LogP contribution in [0.1, 0.15) is 24.2 Å². The van der Waals surface area contributed by atoms with Gasteiger partial charge >= 0.3 is 0 Å². The van der Waals surface area contributed by atoms with Gasteiger partial charge in [-0.15, -0.1) is 0 Å². The Labute approximate surface area is 197 Å². The number of carbonyl (C=O) groups is 2. The van der Waals surface area contributed by atoms with E-state index in [1.54, 1.807) is 0 Å². The predicted octanol–water partition coefficient (Wildman–Crippen LogP) is -3.69. The maximum absolute atomic E-state index is 13.5. The molecule has 33 heavy (non-hydrogen) atoms. The fourth-order valence-electron chi connectivity index (χ4n) is 4.06. The Morgan fingerprint density at radius 2 is 1.73 bits per heavy atom. The van der Waals surface area contributed by atoms with E-state index >= 15 is 0 Å². The molecule has 7 N–H and O–H groups in total. The number of hydrogen-bond acceptors (Lipinski definition) is 8. The molecule has 2 rings (SSSR count). The molecule has 0 radical (unpaired) electrons. The van der Waals surface area contributed by atoms with Crippen LogP contribution >= 0.6 is 11.6 Å². The second-order valence-corrected chi connectivity index (χ2v) is 10.0. The molecule has 0 saturated carbocycles. The second-order valence-electron chi connectivity index (χ2n) is 9.59. The number of nitrogens with one attached hydrogen (secondary N) is 2. The van der Waals surface area contributed by atoms with Gasteiger partial charge in [-0.2, -0.15) is 0 Å². The van der Waals surface area contributed by atoms with E-state index in [9.17, 15) is 39.5 Å². The van der Waals surface area contributed by atoms with Gasteiger partial charge in [0.1, 0.15) is 27.0 Å². The number of benzene rings is 1. The van der Waals surface area contributed by atoms with Crippen LogP contribution in [0.2, 0.25) is 5.02 Å². The van der Waals surface area contributed by atoms with E-state index in [-0.39, 0.29) is 36.8 Å². The first-order valence-corrected chi connectivity index (χ1v) is 10.6. The Hall–Kier alpha value is -1.73. The molecule has 1 aliphatic rings. The van der Waals surface area contributed by atoms with Crippen molar-refractivity contribution >= 4 is 39.1 Å². The van der Waals surface area contributed by atoms with Crippen molar-refractivity contribution in [3.8, 4) is 0 Å². The van der Waals surface area contributed by atoms with Crippen LogP contribution in [0, 0.1) is 11.7 Å². The van der Waals surface area contributed by atoms with E-state index in [1.165, 1.54) is 40.5 Å². The van der Waals surface area contributed by atoms with Gasteiger partial charge in [0.25, 0.3) is 11.9 Å². The van der Waals surface area contributed by atoms with Gasteiger partial charge in [0.15, 0.2) is 0 Å². The lowest BCUT2D eigenvalue weighted by Crippen LogP contribution is -2.70. The minimum atomic E-state index is -3.16. The van der Waals surface area contributed by atoms with Gasteiger partial charge in [0.05, 0.1) is 6.54 Å². The van der Waals surface area contributed by atoms with Gasteiger partial charge < -0.3 is 36.2 Å². The molecule has 1 fully saturated rings. The van der Waals surface area contributed by atoms with E-state index in [0.29, 0.717) is 0 Å². The highest BCUT2D eigenvalue weighted by Gasteiger charge is 2.50. The van der Waals surface area contributed by atoms with E-state index in [2.05, 4.69) is 10.6 Å². The monoisotopic (exact) mass is 487 g/mol. The zero-order valence-electron chi connectivity index (χ0n) is 18.9. The molecule has 0 bridgehead atoms. The van der Waals surface area contributed by atoms with Gasteiger partial charge in [0.2, 0.25) is 5.91 Å². The summed E-state index contributed by atoms with van der Waals surface area (Å²) in [6.07, 6.45) is 0. The molecule has 1 aromatic rings. The van der Waals surface area contributed by atoms with Crippen molar-refractivity contribution in [1.82, 2.24) is 15.5 Å². The molecule has 182 valence electrons. The standard InChI is InChI=1S/C19H29B2ClFN3O7/c1-16(2,19(31,32)33)25-14(27)7-26-8-17(20,29)13(18(21,30)9-26)6-24-15(28)10-3-11(22)5-12(23)4-10/h3-5,13,29-33H,6-9,20-21H2,1-2H3,(H,24,28)(H,25,27). The lowest BCUT2D eigenvalue weighted by molar-refractivity contribution is -0.346. The fraction of sp³-hybridized carbons (Fsp3) is 0.579. The minimum absolute atomic E-state index is 0.0104. The number of aliphatic hydroxyl groups is 5. The normalized spacial score (nSPS) is 26.6. The van der Waals surface area contributed by atoms with E-state index in [0.717, 1.165) is 12.1 Å². The first-order valence-electron chi connectivity index (χ1n) is 10.2. The number of amides is 2. The summed E-state index contributed by atoms with van der Waals surface area (Å²) in [5, 5.41) is 55.0. The molecular weight excluding hydrogens is 458 g/mol. The molecular formula is C19H29B2ClFN3O7. The van der Waals surface area contributed by atoms with Crippen molar-refractivity contribution in [3.05, 3.63) is 34.6 Å². The number of likely N-dealkylation sites (tertiary alicyclic amines) is 1.